The number of hydrogen-bond donors (Lipinski definition) is 0. The standard InChI is InChI=1S/C41H36N2O5S/c1-5-46-40(45)37-26(4)42-41-43(38(37)32-19-10-11-20-35(32)48-25(2)3)39(44)36(49-41)23-33-31-18-9-7-14-28(31)21-22-34(33)47-24-29-16-12-15-27-13-6-8-17-30(27)29/h6-23,25,38H,5,24H2,1-4H3/b36-23-/t38-/m1/s1. The highest BCUT2D eigenvalue weighted by Crippen LogP contribution is 2.36. The maximum atomic E-state index is 14.6. The van der Waals surface area contributed by atoms with E-state index < -0.39 is 12.0 Å². The highest BCUT2D eigenvalue weighted by atomic mass is 32.1. The van der Waals surface area contributed by atoms with Gasteiger partial charge in [0.1, 0.15) is 24.1 Å². The zero-order chi connectivity index (χ0) is 34.1. The average Bonchev–Trinajstić information content (AvgIpc) is 3.41. The molecule has 2 heterocycles. The Hall–Kier alpha value is -5.47. The first kappa shape index (κ1) is 32.1. The van der Waals surface area contributed by atoms with Gasteiger partial charge in [0.2, 0.25) is 0 Å². The highest BCUT2D eigenvalue weighted by Gasteiger charge is 2.35. The van der Waals surface area contributed by atoms with Crippen molar-refractivity contribution in [3.8, 4) is 11.5 Å². The second-order valence-corrected chi connectivity index (χ2v) is 13.1. The summed E-state index contributed by atoms with van der Waals surface area (Å²) < 4.78 is 20.3. The van der Waals surface area contributed by atoms with E-state index in [9.17, 15) is 9.59 Å². The summed E-state index contributed by atoms with van der Waals surface area (Å²) in [5.74, 6) is 0.736. The predicted molar refractivity (Wildman–Crippen MR) is 195 cm³/mol. The van der Waals surface area contributed by atoms with Crippen LogP contribution in [0.4, 0.5) is 0 Å². The zero-order valence-electron chi connectivity index (χ0n) is 27.8. The Morgan fingerprint density at radius 1 is 0.878 bits per heavy atom. The van der Waals surface area contributed by atoms with E-state index in [2.05, 4.69) is 24.3 Å². The fourth-order valence-corrected chi connectivity index (χ4v) is 7.44. The lowest BCUT2D eigenvalue weighted by atomic mass is 9.95. The number of thiazole rings is 1. The van der Waals surface area contributed by atoms with Crippen LogP contribution in [0.3, 0.4) is 0 Å². The molecule has 0 aliphatic carbocycles. The number of fused-ring (bicyclic) bond motifs is 3. The molecule has 0 spiro atoms. The van der Waals surface area contributed by atoms with Gasteiger partial charge in [-0.1, -0.05) is 102 Å². The van der Waals surface area contributed by atoms with Crippen molar-refractivity contribution in [1.29, 1.82) is 0 Å². The molecule has 0 radical (unpaired) electrons. The zero-order valence-corrected chi connectivity index (χ0v) is 28.6. The first-order valence-corrected chi connectivity index (χ1v) is 17.2. The first-order valence-electron chi connectivity index (χ1n) is 16.4. The molecule has 8 heteroatoms. The number of esters is 1. The number of carbonyl (C=O) groups excluding carboxylic acids is 1. The molecule has 49 heavy (non-hydrogen) atoms. The number of para-hydroxylation sites is 1. The molecule has 0 N–H and O–H groups in total. The topological polar surface area (TPSA) is 79.1 Å². The maximum Gasteiger partial charge on any atom is 0.338 e. The molecule has 0 amide bonds. The number of rotatable bonds is 9. The van der Waals surface area contributed by atoms with E-state index in [4.69, 9.17) is 19.2 Å². The van der Waals surface area contributed by atoms with E-state index in [-0.39, 0.29) is 18.3 Å². The van der Waals surface area contributed by atoms with Gasteiger partial charge in [-0.2, -0.15) is 0 Å². The molecular formula is C41H36N2O5S. The number of nitrogens with zero attached hydrogens (tertiary/aromatic N) is 2. The smallest absolute Gasteiger partial charge is 0.338 e. The lowest BCUT2D eigenvalue weighted by molar-refractivity contribution is -0.139. The Labute approximate surface area is 288 Å². The molecule has 0 fully saturated rings. The van der Waals surface area contributed by atoms with Gasteiger partial charge in [0.25, 0.3) is 5.56 Å². The van der Waals surface area contributed by atoms with Crippen LogP contribution in [-0.2, 0) is 16.1 Å². The second kappa shape index (κ2) is 13.6. The molecular weight excluding hydrogens is 633 g/mol. The normalized spacial score (nSPS) is 14.6. The van der Waals surface area contributed by atoms with Crippen LogP contribution in [0, 0.1) is 0 Å². The van der Waals surface area contributed by atoms with Crippen LogP contribution in [0.5, 0.6) is 11.5 Å². The van der Waals surface area contributed by atoms with Gasteiger partial charge >= 0.3 is 5.97 Å². The van der Waals surface area contributed by atoms with Crippen LogP contribution in [0.15, 0.2) is 124 Å². The van der Waals surface area contributed by atoms with Gasteiger partial charge < -0.3 is 14.2 Å². The Bertz CT molecular complexity index is 2430. The molecule has 5 aromatic carbocycles. The Balaban J connectivity index is 1.40. The van der Waals surface area contributed by atoms with Crippen molar-refractivity contribution in [2.24, 2.45) is 4.99 Å². The number of allylic oxidation sites excluding steroid dienone is 1. The lowest BCUT2D eigenvalue weighted by Gasteiger charge is -2.26. The third-order valence-corrected chi connectivity index (χ3v) is 9.55. The van der Waals surface area contributed by atoms with E-state index in [0.717, 1.165) is 32.7 Å². The van der Waals surface area contributed by atoms with Gasteiger partial charge in [-0.05, 0) is 73.0 Å². The van der Waals surface area contributed by atoms with Crippen LogP contribution < -0.4 is 24.4 Å². The SMILES string of the molecule is CCOC(=O)C1=C(C)N=c2s/c(=C\c3c(OCc4cccc5ccccc45)ccc4ccccc34)c(=O)n2[C@@H]1c1ccccc1OC(C)C. The molecule has 1 atom stereocenters. The number of carbonyl (C=O) groups is 1. The van der Waals surface area contributed by atoms with Gasteiger partial charge in [-0.15, -0.1) is 0 Å². The molecule has 7 rings (SSSR count). The maximum absolute atomic E-state index is 14.6. The van der Waals surface area contributed by atoms with Gasteiger partial charge in [0.05, 0.1) is 28.5 Å². The van der Waals surface area contributed by atoms with Gasteiger partial charge in [-0.25, -0.2) is 9.79 Å². The molecule has 1 aromatic heterocycles. The van der Waals surface area contributed by atoms with Gasteiger partial charge in [0, 0.05) is 11.1 Å². The molecule has 7 nitrogen and oxygen atoms in total. The monoisotopic (exact) mass is 668 g/mol. The largest absolute Gasteiger partial charge is 0.491 e. The lowest BCUT2D eigenvalue weighted by Crippen LogP contribution is -2.40. The summed E-state index contributed by atoms with van der Waals surface area (Å²) in [7, 11) is 0. The van der Waals surface area contributed by atoms with Crippen molar-refractivity contribution >= 4 is 44.9 Å². The van der Waals surface area contributed by atoms with E-state index in [0.29, 0.717) is 44.3 Å². The Morgan fingerprint density at radius 2 is 1.57 bits per heavy atom. The summed E-state index contributed by atoms with van der Waals surface area (Å²) in [6.07, 6.45) is 1.77. The fraction of sp³-hybridized carbons (Fsp3) is 0.195. The minimum absolute atomic E-state index is 0.119. The van der Waals surface area contributed by atoms with Gasteiger partial charge in [-0.3, -0.25) is 9.36 Å². The third-order valence-electron chi connectivity index (χ3n) is 8.56. The van der Waals surface area contributed by atoms with Crippen LogP contribution in [0.1, 0.15) is 50.4 Å². The molecule has 0 bridgehead atoms. The summed E-state index contributed by atoms with van der Waals surface area (Å²) in [6, 6.07) is 33.2. The van der Waals surface area contributed by atoms with Crippen molar-refractivity contribution in [2.75, 3.05) is 6.61 Å². The summed E-state index contributed by atoms with van der Waals surface area (Å²) in [4.78, 5) is 33.3. The number of aromatic nitrogens is 1. The summed E-state index contributed by atoms with van der Waals surface area (Å²) in [5, 5.41) is 4.27. The van der Waals surface area contributed by atoms with E-state index in [1.165, 1.54) is 11.3 Å². The molecule has 0 saturated heterocycles. The van der Waals surface area contributed by atoms with Crippen molar-refractivity contribution in [2.45, 2.75) is 46.4 Å². The van der Waals surface area contributed by atoms with Gasteiger partial charge in [0.15, 0.2) is 4.80 Å². The molecule has 1 aliphatic heterocycles. The third kappa shape index (κ3) is 6.16. The van der Waals surface area contributed by atoms with Crippen molar-refractivity contribution < 1.29 is 19.0 Å². The van der Waals surface area contributed by atoms with E-state index in [1.807, 2.05) is 98.8 Å². The predicted octanol–water partition coefficient (Wildman–Crippen LogP) is 7.47. The van der Waals surface area contributed by atoms with E-state index in [1.54, 1.807) is 18.4 Å². The Kier molecular flexibility index (Phi) is 8.89. The summed E-state index contributed by atoms with van der Waals surface area (Å²) >= 11 is 1.29. The molecule has 0 saturated carbocycles. The molecule has 0 unspecified atom stereocenters. The van der Waals surface area contributed by atoms with Crippen LogP contribution in [-0.4, -0.2) is 23.2 Å². The van der Waals surface area contributed by atoms with Crippen LogP contribution >= 0.6 is 11.3 Å². The second-order valence-electron chi connectivity index (χ2n) is 12.1. The Morgan fingerprint density at radius 3 is 2.35 bits per heavy atom. The molecule has 246 valence electrons. The minimum Gasteiger partial charge on any atom is -0.491 e. The van der Waals surface area contributed by atoms with Crippen LogP contribution in [0.25, 0.3) is 27.6 Å². The van der Waals surface area contributed by atoms with E-state index >= 15 is 0 Å². The van der Waals surface area contributed by atoms with Crippen molar-refractivity contribution in [3.05, 3.63) is 151 Å². The fourth-order valence-electron chi connectivity index (χ4n) is 6.41. The van der Waals surface area contributed by atoms with Crippen molar-refractivity contribution in [1.82, 2.24) is 4.57 Å². The first-order chi connectivity index (χ1) is 23.8. The number of ether oxygens (including phenoxy) is 3. The highest BCUT2D eigenvalue weighted by molar-refractivity contribution is 7.07. The van der Waals surface area contributed by atoms with Crippen LogP contribution in [0.2, 0.25) is 0 Å². The molecule has 6 aromatic rings. The quantitative estimate of drug-likeness (QED) is 0.149. The minimum atomic E-state index is -0.790. The number of hydrogen-bond acceptors (Lipinski definition) is 7. The molecule has 1 aliphatic rings. The average molecular weight is 669 g/mol. The summed E-state index contributed by atoms with van der Waals surface area (Å²) in [5.41, 5.74) is 3.09. The number of benzene rings is 5. The van der Waals surface area contributed by atoms with Crippen molar-refractivity contribution in [3.63, 3.8) is 0 Å². The summed E-state index contributed by atoms with van der Waals surface area (Å²) in [6.45, 7) is 7.99.